The summed E-state index contributed by atoms with van der Waals surface area (Å²) >= 11 is 1.45. The number of carbonyl (C=O) groups is 2. The lowest BCUT2D eigenvalue weighted by atomic mass is 9.99. The second-order valence-electron chi connectivity index (χ2n) is 8.53. The molecule has 0 radical (unpaired) electrons. The van der Waals surface area contributed by atoms with Crippen molar-refractivity contribution in [2.45, 2.75) is 46.1 Å². The van der Waals surface area contributed by atoms with Crippen molar-refractivity contribution in [1.29, 1.82) is 0 Å². The summed E-state index contributed by atoms with van der Waals surface area (Å²) in [7, 11) is 0. The van der Waals surface area contributed by atoms with Gasteiger partial charge in [0.05, 0.1) is 12.2 Å². The normalized spacial score (nSPS) is 17.4. The number of benzene rings is 2. The number of aliphatic hydroxyl groups excluding tert-OH is 1. The molecule has 1 amide bonds. The molecule has 0 spiro atoms. The molecule has 176 valence electrons. The zero-order valence-electron chi connectivity index (χ0n) is 19.7. The van der Waals surface area contributed by atoms with Gasteiger partial charge in [0.1, 0.15) is 17.6 Å². The summed E-state index contributed by atoms with van der Waals surface area (Å²) < 4.78 is 5.76. The maximum absolute atomic E-state index is 13.2. The van der Waals surface area contributed by atoms with E-state index >= 15 is 0 Å². The molecular weight excluding hydrogens is 446 g/mol. The molecule has 1 saturated heterocycles. The third kappa shape index (κ3) is 4.64. The molecule has 2 heterocycles. The van der Waals surface area contributed by atoms with Gasteiger partial charge in [-0.1, -0.05) is 31.9 Å². The van der Waals surface area contributed by atoms with Crippen molar-refractivity contribution >= 4 is 34.5 Å². The predicted octanol–water partition coefficient (Wildman–Crippen LogP) is 6.56. The molecule has 1 aromatic heterocycles. The molecule has 1 aliphatic rings. The van der Waals surface area contributed by atoms with Gasteiger partial charge in [-0.3, -0.25) is 14.5 Å². The highest BCUT2D eigenvalue weighted by molar-refractivity contribution is 7.10. The molecule has 5 nitrogen and oxygen atoms in total. The summed E-state index contributed by atoms with van der Waals surface area (Å²) in [4.78, 5) is 28.7. The van der Waals surface area contributed by atoms with E-state index in [-0.39, 0.29) is 11.3 Å². The predicted molar refractivity (Wildman–Crippen MR) is 136 cm³/mol. The van der Waals surface area contributed by atoms with E-state index in [4.69, 9.17) is 4.74 Å². The van der Waals surface area contributed by atoms with Gasteiger partial charge in [-0.25, -0.2) is 0 Å². The van der Waals surface area contributed by atoms with Crippen LogP contribution in [0.25, 0.3) is 5.76 Å². The van der Waals surface area contributed by atoms with Gasteiger partial charge >= 0.3 is 0 Å². The molecule has 34 heavy (non-hydrogen) atoms. The van der Waals surface area contributed by atoms with Crippen LogP contribution in [0.2, 0.25) is 0 Å². The van der Waals surface area contributed by atoms with Crippen LogP contribution in [-0.2, 0) is 9.59 Å². The van der Waals surface area contributed by atoms with Gasteiger partial charge in [0.25, 0.3) is 11.7 Å². The number of ketones is 1. The molecule has 0 aliphatic carbocycles. The summed E-state index contributed by atoms with van der Waals surface area (Å²) in [5.74, 6) is -0.799. The SMILES string of the molecule is CCCCCOc1ccc(/C(O)=C2/C(=O)C(=O)N(c3ccc(C)c(C)c3)C2c2cccs2)cc1. The van der Waals surface area contributed by atoms with Gasteiger partial charge in [0.2, 0.25) is 0 Å². The summed E-state index contributed by atoms with van der Waals surface area (Å²) in [5.41, 5.74) is 3.34. The molecule has 3 aromatic rings. The topological polar surface area (TPSA) is 66.8 Å². The fourth-order valence-corrected chi connectivity index (χ4v) is 4.92. The highest BCUT2D eigenvalue weighted by Crippen LogP contribution is 2.43. The first-order chi connectivity index (χ1) is 16.4. The molecule has 1 fully saturated rings. The van der Waals surface area contributed by atoms with Gasteiger partial charge in [-0.2, -0.15) is 0 Å². The zero-order chi connectivity index (χ0) is 24.2. The fraction of sp³-hybridized carbons (Fsp3) is 0.286. The van der Waals surface area contributed by atoms with Crippen molar-refractivity contribution in [3.8, 4) is 5.75 Å². The smallest absolute Gasteiger partial charge is 0.300 e. The maximum Gasteiger partial charge on any atom is 0.300 e. The Morgan fingerprint density at radius 3 is 2.44 bits per heavy atom. The van der Waals surface area contributed by atoms with Crippen molar-refractivity contribution < 1.29 is 19.4 Å². The van der Waals surface area contributed by atoms with Crippen molar-refractivity contribution in [3.63, 3.8) is 0 Å². The molecule has 1 N–H and O–H groups in total. The Balaban J connectivity index is 1.72. The van der Waals surface area contributed by atoms with Gasteiger partial charge in [-0.15, -0.1) is 11.3 Å². The fourth-order valence-electron chi connectivity index (χ4n) is 4.10. The highest BCUT2D eigenvalue weighted by atomic mass is 32.1. The first kappa shape index (κ1) is 23.8. The average molecular weight is 476 g/mol. The van der Waals surface area contributed by atoms with Crippen LogP contribution in [-0.4, -0.2) is 23.4 Å². The van der Waals surface area contributed by atoms with Crippen LogP contribution >= 0.6 is 11.3 Å². The molecule has 0 bridgehead atoms. The van der Waals surface area contributed by atoms with E-state index in [0.717, 1.165) is 35.3 Å². The molecular formula is C28H29NO4S. The number of unbranched alkanes of at least 4 members (excludes halogenated alkanes) is 2. The number of hydrogen-bond acceptors (Lipinski definition) is 5. The number of amides is 1. The Morgan fingerprint density at radius 2 is 1.79 bits per heavy atom. The van der Waals surface area contributed by atoms with E-state index < -0.39 is 17.7 Å². The van der Waals surface area contributed by atoms with Crippen LogP contribution in [0.4, 0.5) is 5.69 Å². The lowest BCUT2D eigenvalue weighted by Crippen LogP contribution is -2.29. The van der Waals surface area contributed by atoms with Gasteiger partial charge in [0.15, 0.2) is 0 Å². The van der Waals surface area contributed by atoms with Crippen LogP contribution in [0.5, 0.6) is 5.75 Å². The van der Waals surface area contributed by atoms with Crippen LogP contribution < -0.4 is 9.64 Å². The molecule has 1 unspecified atom stereocenters. The molecule has 2 aromatic carbocycles. The summed E-state index contributed by atoms with van der Waals surface area (Å²) in [6, 6.07) is 15.8. The van der Waals surface area contributed by atoms with E-state index in [1.54, 1.807) is 24.3 Å². The molecule has 4 rings (SSSR count). The van der Waals surface area contributed by atoms with Crippen molar-refractivity contribution in [2.24, 2.45) is 0 Å². The van der Waals surface area contributed by atoms with Crippen LogP contribution in [0.3, 0.4) is 0 Å². The Kier molecular flexibility index (Phi) is 7.17. The number of rotatable bonds is 8. The summed E-state index contributed by atoms with van der Waals surface area (Å²) in [6.45, 7) is 6.76. The van der Waals surface area contributed by atoms with Crippen molar-refractivity contribution in [2.75, 3.05) is 11.5 Å². The van der Waals surface area contributed by atoms with E-state index in [2.05, 4.69) is 6.92 Å². The van der Waals surface area contributed by atoms with Crippen LogP contribution in [0.15, 0.2) is 65.6 Å². The minimum atomic E-state index is -0.688. The largest absolute Gasteiger partial charge is 0.507 e. The monoisotopic (exact) mass is 475 g/mol. The third-order valence-corrected chi connectivity index (χ3v) is 7.09. The number of nitrogens with zero attached hydrogens (tertiary/aromatic N) is 1. The Bertz CT molecular complexity index is 1210. The second kappa shape index (κ2) is 10.3. The summed E-state index contributed by atoms with van der Waals surface area (Å²) in [6.07, 6.45) is 3.23. The standard InChI is InChI=1S/C28H29NO4S/c1-4-5-6-15-33-22-13-10-20(11-14-22)26(30)24-25(23-8-7-16-34-23)29(28(32)27(24)31)21-12-9-18(2)19(3)17-21/h7-14,16-17,25,30H,4-6,15H2,1-3H3/b26-24-. The average Bonchev–Trinajstić information content (AvgIpc) is 3.46. The van der Waals surface area contributed by atoms with E-state index in [9.17, 15) is 14.7 Å². The number of Topliss-reactive ketones (excluding diaryl/α,β-unsaturated/α-hetero) is 1. The number of carbonyl (C=O) groups excluding carboxylic acids is 2. The highest BCUT2D eigenvalue weighted by Gasteiger charge is 2.47. The Hall–Kier alpha value is -3.38. The number of anilines is 1. The first-order valence-electron chi connectivity index (χ1n) is 11.6. The van der Waals surface area contributed by atoms with Crippen LogP contribution in [0.1, 0.15) is 53.8 Å². The van der Waals surface area contributed by atoms with Crippen LogP contribution in [0, 0.1) is 13.8 Å². The van der Waals surface area contributed by atoms with Gasteiger partial charge in [0, 0.05) is 16.1 Å². The number of hydrogen-bond donors (Lipinski definition) is 1. The van der Waals surface area contributed by atoms with Crippen molar-refractivity contribution in [1.82, 2.24) is 0 Å². The summed E-state index contributed by atoms with van der Waals surface area (Å²) in [5, 5.41) is 13.1. The van der Waals surface area contributed by atoms with E-state index in [0.29, 0.717) is 23.6 Å². The van der Waals surface area contributed by atoms with E-state index in [1.807, 2.05) is 49.6 Å². The quantitative estimate of drug-likeness (QED) is 0.173. The van der Waals surface area contributed by atoms with E-state index in [1.165, 1.54) is 16.2 Å². The molecule has 1 atom stereocenters. The van der Waals surface area contributed by atoms with Crippen molar-refractivity contribution in [3.05, 3.63) is 87.1 Å². The minimum Gasteiger partial charge on any atom is -0.507 e. The lowest BCUT2D eigenvalue weighted by molar-refractivity contribution is -0.132. The lowest BCUT2D eigenvalue weighted by Gasteiger charge is -2.24. The maximum atomic E-state index is 13.2. The minimum absolute atomic E-state index is 0.0993. The number of aryl methyl sites for hydroxylation is 2. The first-order valence-corrected chi connectivity index (χ1v) is 12.4. The Labute approximate surface area is 204 Å². The molecule has 6 heteroatoms. The number of aliphatic hydroxyl groups is 1. The second-order valence-corrected chi connectivity index (χ2v) is 9.51. The number of thiophene rings is 1. The molecule has 0 saturated carbocycles. The Morgan fingerprint density at radius 1 is 1.03 bits per heavy atom. The van der Waals surface area contributed by atoms with Gasteiger partial charge in [-0.05, 0) is 79.2 Å². The molecule has 1 aliphatic heterocycles. The third-order valence-electron chi connectivity index (χ3n) is 6.17. The number of ether oxygens (including phenoxy) is 1. The van der Waals surface area contributed by atoms with Gasteiger partial charge < -0.3 is 9.84 Å². The zero-order valence-corrected chi connectivity index (χ0v) is 20.5.